The van der Waals surface area contributed by atoms with Crippen molar-refractivity contribution in [2.75, 3.05) is 0 Å². The van der Waals surface area contributed by atoms with Crippen LogP contribution in [0.1, 0.15) is 24.2 Å². The van der Waals surface area contributed by atoms with Crippen LogP contribution in [0.25, 0.3) is 0 Å². The van der Waals surface area contributed by atoms with Crippen molar-refractivity contribution in [1.82, 2.24) is 0 Å². The Kier molecular flexibility index (Phi) is 3.23. The number of halogens is 1. The van der Waals surface area contributed by atoms with Crippen LogP contribution in [0.3, 0.4) is 0 Å². The number of sulfonamides is 1. The van der Waals surface area contributed by atoms with Crippen LogP contribution in [-0.4, -0.2) is 8.42 Å². The first kappa shape index (κ1) is 11.1. The molecular formula is C9H12FNO2S. The maximum Gasteiger partial charge on any atom is 0.216 e. The summed E-state index contributed by atoms with van der Waals surface area (Å²) in [5, 5.41) is 4.20. The molecule has 1 rings (SSSR count). The van der Waals surface area contributed by atoms with Crippen molar-refractivity contribution in [3.05, 3.63) is 35.6 Å². The summed E-state index contributed by atoms with van der Waals surface area (Å²) in [5.74, 6) is -0.454. The first-order valence-corrected chi connectivity index (χ1v) is 5.83. The molecule has 0 spiro atoms. The number of hydrogen-bond acceptors (Lipinski definition) is 2. The van der Waals surface area contributed by atoms with Gasteiger partial charge in [0.25, 0.3) is 0 Å². The average Bonchev–Trinajstić information content (AvgIpc) is 2.02. The van der Waals surface area contributed by atoms with Gasteiger partial charge < -0.3 is 0 Å². The molecule has 0 amide bonds. The predicted octanol–water partition coefficient (Wildman–Crippen LogP) is 1.57. The van der Waals surface area contributed by atoms with Gasteiger partial charge in [-0.3, -0.25) is 0 Å². The minimum Gasteiger partial charge on any atom is -0.228 e. The van der Waals surface area contributed by atoms with E-state index in [4.69, 9.17) is 5.14 Å². The van der Waals surface area contributed by atoms with Crippen molar-refractivity contribution in [2.24, 2.45) is 5.14 Å². The summed E-state index contributed by atoms with van der Waals surface area (Å²) in [5.41, 5.74) is 0.398. The zero-order valence-corrected chi connectivity index (χ0v) is 8.59. The molecule has 5 heteroatoms. The highest BCUT2D eigenvalue weighted by molar-refractivity contribution is 7.89. The molecule has 3 nitrogen and oxygen atoms in total. The van der Waals surface area contributed by atoms with Crippen LogP contribution in [0.5, 0.6) is 0 Å². The molecular weight excluding hydrogens is 205 g/mol. The molecule has 0 saturated heterocycles. The second-order valence-electron chi connectivity index (χ2n) is 3.04. The van der Waals surface area contributed by atoms with Gasteiger partial charge in [-0.15, -0.1) is 0 Å². The first-order valence-electron chi connectivity index (χ1n) is 4.22. The molecule has 0 aliphatic carbocycles. The van der Waals surface area contributed by atoms with Gasteiger partial charge in [-0.2, -0.15) is 0 Å². The Hall–Kier alpha value is -0.940. The summed E-state index contributed by atoms with van der Waals surface area (Å²) in [6.07, 6.45) is 0.336. The molecule has 1 aromatic rings. The molecule has 78 valence electrons. The number of rotatable bonds is 3. The van der Waals surface area contributed by atoms with E-state index in [2.05, 4.69) is 0 Å². The molecule has 1 unspecified atom stereocenters. The fraction of sp³-hybridized carbons (Fsp3) is 0.333. The third-order valence-corrected chi connectivity index (χ3v) is 3.39. The van der Waals surface area contributed by atoms with Gasteiger partial charge in [0.2, 0.25) is 10.0 Å². The summed E-state index contributed by atoms with van der Waals surface area (Å²) in [6, 6.07) is 5.48. The molecule has 2 N–H and O–H groups in total. The van der Waals surface area contributed by atoms with Crippen LogP contribution >= 0.6 is 0 Å². The Morgan fingerprint density at radius 3 is 2.57 bits per heavy atom. The molecule has 0 aliphatic rings. The van der Waals surface area contributed by atoms with Crippen LogP contribution in [-0.2, 0) is 10.0 Å². The Morgan fingerprint density at radius 1 is 1.50 bits per heavy atom. The molecule has 0 fully saturated rings. The molecule has 0 radical (unpaired) electrons. The van der Waals surface area contributed by atoms with Crippen molar-refractivity contribution in [1.29, 1.82) is 0 Å². The number of hydrogen-bond donors (Lipinski definition) is 1. The Bertz CT molecular complexity index is 417. The van der Waals surface area contributed by atoms with Crippen LogP contribution in [0.2, 0.25) is 0 Å². The van der Waals surface area contributed by atoms with Crippen molar-refractivity contribution in [3.8, 4) is 0 Å². The lowest BCUT2D eigenvalue weighted by molar-refractivity contribution is 0.579. The molecule has 1 atom stereocenters. The number of nitrogens with two attached hydrogens (primary N) is 1. The second-order valence-corrected chi connectivity index (χ2v) is 4.79. The summed E-state index contributed by atoms with van der Waals surface area (Å²) in [6.45, 7) is 1.69. The van der Waals surface area contributed by atoms with Gasteiger partial charge in [0, 0.05) is 0 Å². The van der Waals surface area contributed by atoms with Crippen LogP contribution in [0.4, 0.5) is 4.39 Å². The number of benzene rings is 1. The van der Waals surface area contributed by atoms with E-state index in [1.165, 1.54) is 18.2 Å². The molecule has 14 heavy (non-hydrogen) atoms. The van der Waals surface area contributed by atoms with E-state index < -0.39 is 21.1 Å². The van der Waals surface area contributed by atoms with Crippen molar-refractivity contribution in [2.45, 2.75) is 18.6 Å². The van der Waals surface area contributed by atoms with E-state index >= 15 is 0 Å². The van der Waals surface area contributed by atoms with Gasteiger partial charge in [-0.1, -0.05) is 19.1 Å². The maximum atomic E-state index is 12.8. The minimum atomic E-state index is -3.65. The van der Waals surface area contributed by atoms with Crippen molar-refractivity contribution < 1.29 is 12.8 Å². The fourth-order valence-electron chi connectivity index (χ4n) is 1.36. The minimum absolute atomic E-state index is 0.336. The van der Waals surface area contributed by atoms with Crippen LogP contribution in [0, 0.1) is 5.82 Å². The molecule has 0 aliphatic heterocycles. The molecule has 0 saturated carbocycles. The lowest BCUT2D eigenvalue weighted by Gasteiger charge is -2.12. The topological polar surface area (TPSA) is 60.2 Å². The van der Waals surface area contributed by atoms with Gasteiger partial charge >= 0.3 is 0 Å². The monoisotopic (exact) mass is 217 g/mol. The van der Waals surface area contributed by atoms with Gasteiger partial charge in [-0.25, -0.2) is 17.9 Å². The summed E-state index contributed by atoms with van der Waals surface area (Å²) in [4.78, 5) is 0. The lowest BCUT2D eigenvalue weighted by Crippen LogP contribution is -2.21. The zero-order valence-electron chi connectivity index (χ0n) is 7.77. The van der Waals surface area contributed by atoms with E-state index in [9.17, 15) is 12.8 Å². The maximum absolute atomic E-state index is 12.8. The van der Waals surface area contributed by atoms with Crippen LogP contribution < -0.4 is 5.14 Å². The largest absolute Gasteiger partial charge is 0.228 e. The van der Waals surface area contributed by atoms with Gasteiger partial charge in [0.1, 0.15) is 5.82 Å². The van der Waals surface area contributed by atoms with Crippen molar-refractivity contribution >= 4 is 10.0 Å². The zero-order chi connectivity index (χ0) is 10.8. The summed E-state index contributed by atoms with van der Waals surface area (Å²) in [7, 11) is -3.65. The van der Waals surface area contributed by atoms with E-state index in [0.717, 1.165) is 0 Å². The third-order valence-electron chi connectivity index (χ3n) is 1.99. The second kappa shape index (κ2) is 4.06. The van der Waals surface area contributed by atoms with Gasteiger partial charge in [0.05, 0.1) is 5.25 Å². The Morgan fingerprint density at radius 2 is 2.14 bits per heavy atom. The Labute approximate surface area is 82.8 Å². The standard InChI is InChI=1S/C9H12FNO2S/c1-2-9(14(11,12)13)7-4-3-5-8(10)6-7/h3-6,9H,2H2,1H3,(H2,11,12,13). The van der Waals surface area contributed by atoms with E-state index in [-0.39, 0.29) is 0 Å². The smallest absolute Gasteiger partial charge is 0.216 e. The SMILES string of the molecule is CCC(c1cccc(F)c1)S(N)(=O)=O. The van der Waals surface area contributed by atoms with E-state index in [0.29, 0.717) is 12.0 Å². The highest BCUT2D eigenvalue weighted by atomic mass is 32.2. The summed E-state index contributed by atoms with van der Waals surface area (Å²) >= 11 is 0. The van der Waals surface area contributed by atoms with Gasteiger partial charge in [-0.05, 0) is 24.1 Å². The predicted molar refractivity (Wildman–Crippen MR) is 52.5 cm³/mol. The van der Waals surface area contributed by atoms with Crippen molar-refractivity contribution in [3.63, 3.8) is 0 Å². The molecule has 1 aromatic carbocycles. The fourth-order valence-corrected chi connectivity index (χ4v) is 2.36. The molecule has 0 aromatic heterocycles. The first-order chi connectivity index (χ1) is 6.45. The molecule has 0 bridgehead atoms. The molecule has 0 heterocycles. The van der Waals surface area contributed by atoms with E-state index in [1.807, 2.05) is 0 Å². The lowest BCUT2D eigenvalue weighted by atomic mass is 10.1. The average molecular weight is 217 g/mol. The highest BCUT2D eigenvalue weighted by Gasteiger charge is 2.21. The highest BCUT2D eigenvalue weighted by Crippen LogP contribution is 2.23. The van der Waals surface area contributed by atoms with Crippen LogP contribution in [0.15, 0.2) is 24.3 Å². The Balaban J connectivity index is 3.14. The summed E-state index contributed by atoms with van der Waals surface area (Å²) < 4.78 is 35.1. The normalized spacial score (nSPS) is 13.9. The quantitative estimate of drug-likeness (QED) is 0.835. The number of primary sulfonamides is 1. The van der Waals surface area contributed by atoms with Gasteiger partial charge in [0.15, 0.2) is 0 Å². The van der Waals surface area contributed by atoms with E-state index in [1.54, 1.807) is 13.0 Å². The third kappa shape index (κ3) is 2.52.